The molecule has 0 aliphatic carbocycles. The Morgan fingerprint density at radius 1 is 1.15 bits per heavy atom. The van der Waals surface area contributed by atoms with E-state index in [1.165, 1.54) is 25.3 Å². The number of methoxy groups -OCH3 is 1. The number of rotatable bonds is 8. The van der Waals surface area contributed by atoms with Gasteiger partial charge in [0.25, 0.3) is 5.69 Å². The smallest absolute Gasteiger partial charge is 0.271 e. The molecule has 7 nitrogen and oxygen atoms in total. The second kappa shape index (κ2) is 8.84. The third-order valence-electron chi connectivity index (χ3n) is 4.10. The van der Waals surface area contributed by atoms with Crippen LogP contribution < -0.4 is 15.4 Å². The number of hydrogen-bond donors (Lipinski definition) is 2. The summed E-state index contributed by atoms with van der Waals surface area (Å²) in [6, 6.07) is 10.2. The van der Waals surface area contributed by atoms with Crippen molar-refractivity contribution >= 4 is 23.0 Å². The SMILES string of the molecule is CCc1cccc(CC)c1NC(=O)CNc1cc([N+](=O)[O-])ccc1OC. The molecular weight excluding hydrogens is 334 g/mol. The molecule has 0 saturated heterocycles. The third kappa shape index (κ3) is 4.50. The zero-order valence-corrected chi connectivity index (χ0v) is 15.2. The molecule has 0 aliphatic rings. The first kappa shape index (κ1) is 19.2. The first-order valence-corrected chi connectivity index (χ1v) is 8.47. The van der Waals surface area contributed by atoms with Gasteiger partial charge in [0, 0.05) is 17.8 Å². The van der Waals surface area contributed by atoms with Gasteiger partial charge in [-0.3, -0.25) is 14.9 Å². The van der Waals surface area contributed by atoms with Gasteiger partial charge < -0.3 is 15.4 Å². The number of benzene rings is 2. The van der Waals surface area contributed by atoms with Crippen LogP contribution in [0.3, 0.4) is 0 Å². The highest BCUT2D eigenvalue weighted by Crippen LogP contribution is 2.29. The van der Waals surface area contributed by atoms with Gasteiger partial charge in [0.05, 0.1) is 24.3 Å². The number of hydrogen-bond acceptors (Lipinski definition) is 5. The van der Waals surface area contributed by atoms with Crippen molar-refractivity contribution in [3.05, 3.63) is 57.6 Å². The predicted molar refractivity (Wildman–Crippen MR) is 102 cm³/mol. The first-order valence-electron chi connectivity index (χ1n) is 8.47. The van der Waals surface area contributed by atoms with Gasteiger partial charge in [-0.2, -0.15) is 0 Å². The number of amides is 1. The van der Waals surface area contributed by atoms with E-state index in [1.54, 1.807) is 0 Å². The zero-order valence-electron chi connectivity index (χ0n) is 15.2. The van der Waals surface area contributed by atoms with Gasteiger partial charge in [-0.1, -0.05) is 32.0 Å². The molecule has 0 spiro atoms. The summed E-state index contributed by atoms with van der Waals surface area (Å²) in [6.45, 7) is 4.05. The molecule has 0 heterocycles. The molecule has 138 valence electrons. The minimum Gasteiger partial charge on any atom is -0.495 e. The van der Waals surface area contributed by atoms with E-state index >= 15 is 0 Å². The Balaban J connectivity index is 2.13. The van der Waals surface area contributed by atoms with Crippen LogP contribution in [0.1, 0.15) is 25.0 Å². The molecule has 26 heavy (non-hydrogen) atoms. The number of anilines is 2. The highest BCUT2D eigenvalue weighted by atomic mass is 16.6. The normalized spacial score (nSPS) is 10.3. The maximum Gasteiger partial charge on any atom is 0.271 e. The highest BCUT2D eigenvalue weighted by Gasteiger charge is 2.14. The lowest BCUT2D eigenvalue weighted by Gasteiger charge is -2.15. The Morgan fingerprint density at radius 3 is 2.35 bits per heavy atom. The van der Waals surface area contributed by atoms with E-state index in [4.69, 9.17) is 4.74 Å². The van der Waals surface area contributed by atoms with Gasteiger partial charge in [-0.25, -0.2) is 0 Å². The number of non-ortho nitro benzene ring substituents is 1. The van der Waals surface area contributed by atoms with Crippen LogP contribution in [-0.2, 0) is 17.6 Å². The van der Waals surface area contributed by atoms with Crippen LogP contribution in [0.15, 0.2) is 36.4 Å². The van der Waals surface area contributed by atoms with Crippen LogP contribution in [0.4, 0.5) is 17.1 Å². The van der Waals surface area contributed by atoms with Gasteiger partial charge in [0.2, 0.25) is 5.91 Å². The second-order valence-electron chi connectivity index (χ2n) is 5.70. The van der Waals surface area contributed by atoms with E-state index in [1.807, 2.05) is 32.0 Å². The molecule has 0 saturated carbocycles. The summed E-state index contributed by atoms with van der Waals surface area (Å²) in [7, 11) is 1.47. The summed E-state index contributed by atoms with van der Waals surface area (Å²) in [4.78, 5) is 22.8. The molecule has 2 aromatic rings. The number of nitrogens with zero attached hydrogens (tertiary/aromatic N) is 1. The van der Waals surface area contributed by atoms with Crippen molar-refractivity contribution in [3.63, 3.8) is 0 Å². The lowest BCUT2D eigenvalue weighted by Crippen LogP contribution is -2.23. The first-order chi connectivity index (χ1) is 12.5. The van der Waals surface area contributed by atoms with Gasteiger partial charge in [-0.05, 0) is 30.0 Å². The van der Waals surface area contributed by atoms with Crippen molar-refractivity contribution in [1.82, 2.24) is 0 Å². The lowest BCUT2D eigenvalue weighted by atomic mass is 10.0. The lowest BCUT2D eigenvalue weighted by molar-refractivity contribution is -0.384. The largest absolute Gasteiger partial charge is 0.495 e. The number of nitro groups is 1. The number of para-hydroxylation sites is 1. The molecule has 0 aliphatic heterocycles. The Hall–Kier alpha value is -3.09. The molecular formula is C19H23N3O4. The van der Waals surface area contributed by atoms with E-state index in [-0.39, 0.29) is 18.1 Å². The van der Waals surface area contributed by atoms with Crippen molar-refractivity contribution < 1.29 is 14.5 Å². The summed E-state index contributed by atoms with van der Waals surface area (Å²) in [5.41, 5.74) is 3.32. The Labute approximate surface area is 152 Å². The topological polar surface area (TPSA) is 93.5 Å². The van der Waals surface area contributed by atoms with Gasteiger partial charge >= 0.3 is 0 Å². The number of aryl methyl sites for hydroxylation is 2. The number of nitro benzene ring substituents is 1. The van der Waals surface area contributed by atoms with E-state index in [0.717, 1.165) is 29.7 Å². The van der Waals surface area contributed by atoms with Crippen LogP contribution >= 0.6 is 0 Å². The average molecular weight is 357 g/mol. The van der Waals surface area contributed by atoms with E-state index in [0.29, 0.717) is 11.4 Å². The predicted octanol–water partition coefficient (Wildman–Crippen LogP) is 3.78. The molecule has 1 amide bonds. The standard InChI is InChI=1S/C19H23N3O4/c1-4-13-7-6-8-14(5-2)19(13)21-18(23)12-20-16-11-15(22(24)25)9-10-17(16)26-3/h6-11,20H,4-5,12H2,1-3H3,(H,21,23). The monoisotopic (exact) mass is 357 g/mol. The van der Waals surface area contributed by atoms with Crippen molar-refractivity contribution in [2.75, 3.05) is 24.3 Å². The fourth-order valence-electron chi connectivity index (χ4n) is 2.71. The van der Waals surface area contributed by atoms with Crippen LogP contribution in [-0.4, -0.2) is 24.5 Å². The maximum atomic E-state index is 12.4. The van der Waals surface area contributed by atoms with Crippen molar-refractivity contribution in [1.29, 1.82) is 0 Å². The molecule has 2 rings (SSSR count). The number of carbonyl (C=O) groups excluding carboxylic acids is 1. The molecule has 0 atom stereocenters. The molecule has 0 radical (unpaired) electrons. The molecule has 0 aromatic heterocycles. The summed E-state index contributed by atoms with van der Waals surface area (Å²) in [5.74, 6) is 0.209. The van der Waals surface area contributed by atoms with E-state index < -0.39 is 4.92 Å². The molecule has 0 unspecified atom stereocenters. The van der Waals surface area contributed by atoms with E-state index in [2.05, 4.69) is 10.6 Å². The minimum atomic E-state index is -0.490. The fourth-order valence-corrected chi connectivity index (χ4v) is 2.71. The average Bonchev–Trinajstić information content (AvgIpc) is 2.66. The summed E-state index contributed by atoms with van der Waals surface area (Å²) in [6.07, 6.45) is 1.63. The number of carbonyl (C=O) groups is 1. The summed E-state index contributed by atoms with van der Waals surface area (Å²) >= 11 is 0. The zero-order chi connectivity index (χ0) is 19.1. The van der Waals surface area contributed by atoms with Crippen LogP contribution in [0.25, 0.3) is 0 Å². The van der Waals surface area contributed by atoms with Gasteiger partial charge in [0.15, 0.2) is 0 Å². The Kier molecular flexibility index (Phi) is 6.54. The van der Waals surface area contributed by atoms with Crippen molar-refractivity contribution in [2.45, 2.75) is 26.7 Å². The van der Waals surface area contributed by atoms with Crippen LogP contribution in [0, 0.1) is 10.1 Å². The highest BCUT2D eigenvalue weighted by molar-refractivity contribution is 5.95. The number of nitrogens with one attached hydrogen (secondary N) is 2. The second-order valence-corrected chi connectivity index (χ2v) is 5.70. The summed E-state index contributed by atoms with van der Waals surface area (Å²) in [5, 5.41) is 16.8. The molecule has 2 aromatic carbocycles. The quantitative estimate of drug-likeness (QED) is 0.554. The number of ether oxygens (including phenoxy) is 1. The third-order valence-corrected chi connectivity index (χ3v) is 4.10. The molecule has 0 fully saturated rings. The fraction of sp³-hybridized carbons (Fsp3) is 0.316. The van der Waals surface area contributed by atoms with Crippen LogP contribution in [0.5, 0.6) is 5.75 Å². The molecule has 2 N–H and O–H groups in total. The van der Waals surface area contributed by atoms with Gasteiger partial charge in [-0.15, -0.1) is 0 Å². The van der Waals surface area contributed by atoms with Crippen LogP contribution in [0.2, 0.25) is 0 Å². The Bertz CT molecular complexity index is 783. The minimum absolute atomic E-state index is 0.0290. The van der Waals surface area contributed by atoms with Crippen molar-refractivity contribution in [3.8, 4) is 5.75 Å². The van der Waals surface area contributed by atoms with Crippen molar-refractivity contribution in [2.24, 2.45) is 0 Å². The maximum absolute atomic E-state index is 12.4. The molecule has 0 bridgehead atoms. The Morgan fingerprint density at radius 2 is 1.81 bits per heavy atom. The summed E-state index contributed by atoms with van der Waals surface area (Å²) < 4.78 is 5.19. The van der Waals surface area contributed by atoms with Gasteiger partial charge in [0.1, 0.15) is 5.75 Å². The molecule has 7 heteroatoms. The van der Waals surface area contributed by atoms with E-state index in [9.17, 15) is 14.9 Å².